The van der Waals surface area contributed by atoms with Crippen molar-refractivity contribution in [2.24, 2.45) is 0 Å². The molecule has 1 aliphatic heterocycles. The van der Waals surface area contributed by atoms with Crippen LogP contribution in [0.2, 0.25) is 0 Å². The minimum atomic E-state index is -0.636. The Morgan fingerprint density at radius 1 is 1.29 bits per heavy atom. The molecule has 144 valence electrons. The van der Waals surface area contributed by atoms with E-state index in [1.807, 2.05) is 0 Å². The van der Waals surface area contributed by atoms with E-state index in [1.54, 1.807) is 36.4 Å². The topological polar surface area (TPSA) is 98.1 Å². The number of esters is 1. The number of hydrogen-bond donors (Lipinski definition) is 1. The largest absolute Gasteiger partial charge is 0.490 e. The predicted octanol–water partition coefficient (Wildman–Crippen LogP) is 2.72. The molecule has 1 saturated heterocycles. The molecule has 8 heteroatoms. The molecule has 28 heavy (non-hydrogen) atoms. The molecule has 2 heterocycles. The van der Waals surface area contributed by atoms with E-state index >= 15 is 0 Å². The Labute approximate surface area is 161 Å². The second-order valence-electron chi connectivity index (χ2n) is 5.81. The molecule has 1 aliphatic rings. The zero-order chi connectivity index (χ0) is 20.1. The molecule has 0 bridgehead atoms. The van der Waals surface area contributed by atoms with Gasteiger partial charge >= 0.3 is 12.0 Å². The van der Waals surface area contributed by atoms with Crippen molar-refractivity contribution < 1.29 is 28.3 Å². The lowest BCUT2D eigenvalue weighted by atomic mass is 10.2. The van der Waals surface area contributed by atoms with Crippen molar-refractivity contribution in [3.05, 3.63) is 71.8 Å². The van der Waals surface area contributed by atoms with E-state index in [1.165, 1.54) is 19.2 Å². The van der Waals surface area contributed by atoms with E-state index in [9.17, 15) is 14.4 Å². The van der Waals surface area contributed by atoms with Crippen LogP contribution >= 0.6 is 0 Å². The van der Waals surface area contributed by atoms with Gasteiger partial charge in [-0.25, -0.2) is 9.59 Å². The standard InChI is InChI=1S/C20H18N2O6/c1-3-9-27-14-6-4-5-13(10-14)11-16-18(23)22(20(25)21-16)12-15-7-8-17(28-15)19(24)26-2/h3-8,10-11H,1,9,12H2,2H3,(H,21,25). The van der Waals surface area contributed by atoms with Crippen LogP contribution in [0.15, 0.2) is 59.2 Å². The van der Waals surface area contributed by atoms with E-state index < -0.39 is 17.9 Å². The third-order valence-electron chi connectivity index (χ3n) is 3.86. The van der Waals surface area contributed by atoms with Crippen molar-refractivity contribution in [3.63, 3.8) is 0 Å². The number of nitrogens with one attached hydrogen (secondary N) is 1. The summed E-state index contributed by atoms with van der Waals surface area (Å²) in [6.07, 6.45) is 3.19. The quantitative estimate of drug-likeness (QED) is 0.342. The molecule has 3 rings (SSSR count). The summed E-state index contributed by atoms with van der Waals surface area (Å²) in [5.41, 5.74) is 0.823. The first kappa shape index (κ1) is 19.0. The maximum absolute atomic E-state index is 12.6. The van der Waals surface area contributed by atoms with E-state index in [-0.39, 0.29) is 23.8 Å². The minimum absolute atomic E-state index is 0.00309. The van der Waals surface area contributed by atoms with Gasteiger partial charge in [0, 0.05) is 0 Å². The highest BCUT2D eigenvalue weighted by molar-refractivity contribution is 6.13. The van der Waals surface area contributed by atoms with Gasteiger partial charge in [-0.05, 0) is 35.9 Å². The van der Waals surface area contributed by atoms with Crippen LogP contribution in [0, 0.1) is 0 Å². The number of rotatable bonds is 7. The summed E-state index contributed by atoms with van der Waals surface area (Å²) in [6.45, 7) is 3.84. The number of amides is 3. The van der Waals surface area contributed by atoms with Crippen molar-refractivity contribution in [3.8, 4) is 5.75 Å². The van der Waals surface area contributed by atoms with Gasteiger partial charge in [0.1, 0.15) is 23.8 Å². The molecule has 0 unspecified atom stereocenters. The molecule has 3 amide bonds. The molecule has 1 N–H and O–H groups in total. The van der Waals surface area contributed by atoms with Crippen LogP contribution < -0.4 is 10.1 Å². The fourth-order valence-electron chi connectivity index (χ4n) is 2.56. The third-order valence-corrected chi connectivity index (χ3v) is 3.86. The van der Waals surface area contributed by atoms with Crippen LogP contribution in [0.3, 0.4) is 0 Å². The number of carbonyl (C=O) groups is 3. The number of ether oxygens (including phenoxy) is 2. The van der Waals surface area contributed by atoms with Gasteiger partial charge in [-0.1, -0.05) is 24.8 Å². The molecule has 0 radical (unpaired) electrons. The molecular weight excluding hydrogens is 364 g/mol. The van der Waals surface area contributed by atoms with E-state index in [4.69, 9.17) is 9.15 Å². The van der Waals surface area contributed by atoms with Gasteiger partial charge in [0.15, 0.2) is 0 Å². The third kappa shape index (κ3) is 4.12. The Hall–Kier alpha value is -3.81. The molecule has 0 aliphatic carbocycles. The minimum Gasteiger partial charge on any atom is -0.490 e. The SMILES string of the molecule is C=CCOc1cccc(C=C2NC(=O)N(Cc3ccc(C(=O)OC)o3)C2=O)c1. The number of benzene rings is 1. The molecular formula is C20H18N2O6. The average Bonchev–Trinajstić information content (AvgIpc) is 3.27. The lowest BCUT2D eigenvalue weighted by Crippen LogP contribution is -2.30. The highest BCUT2D eigenvalue weighted by Gasteiger charge is 2.34. The number of methoxy groups -OCH3 is 1. The maximum atomic E-state index is 12.6. The van der Waals surface area contributed by atoms with Gasteiger partial charge in [0.2, 0.25) is 5.76 Å². The number of carbonyl (C=O) groups excluding carboxylic acids is 3. The summed E-state index contributed by atoms with van der Waals surface area (Å²) in [5, 5.41) is 2.53. The second-order valence-corrected chi connectivity index (χ2v) is 5.81. The van der Waals surface area contributed by atoms with Crippen LogP contribution in [-0.4, -0.2) is 36.5 Å². The maximum Gasteiger partial charge on any atom is 0.373 e. The van der Waals surface area contributed by atoms with Crippen LogP contribution in [0.4, 0.5) is 4.79 Å². The number of nitrogens with zero attached hydrogens (tertiary/aromatic N) is 1. The van der Waals surface area contributed by atoms with E-state index in [2.05, 4.69) is 16.6 Å². The Balaban J connectivity index is 1.74. The molecule has 1 aromatic heterocycles. The lowest BCUT2D eigenvalue weighted by Gasteiger charge is -2.09. The molecule has 1 fully saturated rings. The van der Waals surface area contributed by atoms with Crippen LogP contribution in [0.1, 0.15) is 21.9 Å². The highest BCUT2D eigenvalue weighted by Crippen LogP contribution is 2.20. The van der Waals surface area contributed by atoms with Crippen LogP contribution in [0.5, 0.6) is 5.75 Å². The van der Waals surface area contributed by atoms with Crippen molar-refractivity contribution in [2.75, 3.05) is 13.7 Å². The number of imide groups is 1. The van der Waals surface area contributed by atoms with E-state index in [0.717, 1.165) is 4.90 Å². The van der Waals surface area contributed by atoms with Gasteiger partial charge in [0.05, 0.1) is 13.7 Å². The second kappa shape index (κ2) is 8.26. The Morgan fingerprint density at radius 3 is 2.86 bits per heavy atom. The first-order chi connectivity index (χ1) is 13.5. The normalized spacial score (nSPS) is 14.9. The first-order valence-corrected chi connectivity index (χ1v) is 8.37. The molecule has 0 atom stereocenters. The van der Waals surface area contributed by atoms with Crippen LogP contribution in [-0.2, 0) is 16.1 Å². The van der Waals surface area contributed by atoms with Crippen molar-refractivity contribution >= 4 is 24.0 Å². The van der Waals surface area contributed by atoms with Gasteiger partial charge in [-0.3, -0.25) is 9.69 Å². The molecule has 0 spiro atoms. The number of furan rings is 1. The zero-order valence-electron chi connectivity index (χ0n) is 15.1. The van der Waals surface area contributed by atoms with Gasteiger partial charge in [0.25, 0.3) is 5.91 Å². The van der Waals surface area contributed by atoms with Crippen LogP contribution in [0.25, 0.3) is 6.08 Å². The Bertz CT molecular complexity index is 959. The smallest absolute Gasteiger partial charge is 0.373 e. The van der Waals surface area contributed by atoms with Crippen molar-refractivity contribution in [1.82, 2.24) is 10.2 Å². The summed E-state index contributed by atoms with van der Waals surface area (Å²) in [5.74, 6) is -0.239. The monoisotopic (exact) mass is 382 g/mol. The molecule has 2 aromatic rings. The predicted molar refractivity (Wildman–Crippen MR) is 99.2 cm³/mol. The van der Waals surface area contributed by atoms with Gasteiger partial charge < -0.3 is 19.2 Å². The summed E-state index contributed by atoms with van der Waals surface area (Å²) >= 11 is 0. The fraction of sp³-hybridized carbons (Fsp3) is 0.150. The Morgan fingerprint density at radius 2 is 2.11 bits per heavy atom. The van der Waals surface area contributed by atoms with Crippen molar-refractivity contribution in [2.45, 2.75) is 6.54 Å². The summed E-state index contributed by atoms with van der Waals surface area (Å²) in [6, 6.07) is 9.44. The lowest BCUT2D eigenvalue weighted by molar-refractivity contribution is -0.123. The zero-order valence-corrected chi connectivity index (χ0v) is 15.1. The van der Waals surface area contributed by atoms with Crippen molar-refractivity contribution in [1.29, 1.82) is 0 Å². The summed E-state index contributed by atoms with van der Waals surface area (Å²) in [4.78, 5) is 37.2. The Kier molecular flexibility index (Phi) is 5.59. The van der Waals surface area contributed by atoms with Gasteiger partial charge in [-0.15, -0.1) is 0 Å². The molecule has 8 nitrogen and oxygen atoms in total. The summed E-state index contributed by atoms with van der Waals surface area (Å²) < 4.78 is 15.3. The summed E-state index contributed by atoms with van der Waals surface area (Å²) in [7, 11) is 1.23. The number of hydrogen-bond acceptors (Lipinski definition) is 6. The highest BCUT2D eigenvalue weighted by atomic mass is 16.5. The average molecular weight is 382 g/mol. The molecule has 1 aromatic carbocycles. The molecule has 0 saturated carbocycles. The number of urea groups is 1. The first-order valence-electron chi connectivity index (χ1n) is 8.37. The van der Waals surface area contributed by atoms with E-state index in [0.29, 0.717) is 17.9 Å². The van der Waals surface area contributed by atoms with Gasteiger partial charge in [-0.2, -0.15) is 0 Å². The fourth-order valence-corrected chi connectivity index (χ4v) is 2.56.